The van der Waals surface area contributed by atoms with Crippen LogP contribution in [0, 0.1) is 0 Å². The van der Waals surface area contributed by atoms with Crippen LogP contribution in [-0.2, 0) is 6.42 Å². The molecule has 1 aromatic rings. The number of aliphatic imine (C=N–C) groups is 1. The number of nitrogens with zero attached hydrogens (tertiary/aromatic N) is 1. The molecular formula is C11H20IN3S2. The van der Waals surface area contributed by atoms with E-state index in [4.69, 9.17) is 0 Å². The summed E-state index contributed by atoms with van der Waals surface area (Å²) in [6, 6.07) is 4.25. The predicted octanol–water partition coefficient (Wildman–Crippen LogP) is 2.44. The van der Waals surface area contributed by atoms with Crippen molar-refractivity contribution in [3.05, 3.63) is 22.4 Å². The van der Waals surface area contributed by atoms with E-state index in [0.29, 0.717) is 0 Å². The van der Waals surface area contributed by atoms with Crippen molar-refractivity contribution in [2.45, 2.75) is 6.42 Å². The zero-order valence-electron chi connectivity index (χ0n) is 10.2. The first-order valence-electron chi connectivity index (χ1n) is 5.32. The summed E-state index contributed by atoms with van der Waals surface area (Å²) in [6.07, 6.45) is 3.16. The molecule has 0 amide bonds. The minimum absolute atomic E-state index is 0. The van der Waals surface area contributed by atoms with Gasteiger partial charge in [-0.25, -0.2) is 0 Å². The second-order valence-electron chi connectivity index (χ2n) is 3.25. The first kappa shape index (κ1) is 17.1. The number of hydrogen-bond donors (Lipinski definition) is 2. The summed E-state index contributed by atoms with van der Waals surface area (Å²) in [4.78, 5) is 5.58. The highest BCUT2D eigenvalue weighted by atomic mass is 127. The number of halogens is 1. The van der Waals surface area contributed by atoms with Crippen LogP contribution >= 0.6 is 47.1 Å². The second kappa shape index (κ2) is 11.2. The quantitative estimate of drug-likeness (QED) is 0.342. The summed E-state index contributed by atoms with van der Waals surface area (Å²) in [5, 5.41) is 8.69. The topological polar surface area (TPSA) is 36.4 Å². The molecule has 0 spiro atoms. The molecule has 0 atom stereocenters. The molecule has 1 aromatic heterocycles. The third-order valence-corrected chi connectivity index (χ3v) is 3.61. The van der Waals surface area contributed by atoms with Gasteiger partial charge in [-0.15, -0.1) is 35.3 Å². The van der Waals surface area contributed by atoms with Gasteiger partial charge in [0.2, 0.25) is 0 Å². The van der Waals surface area contributed by atoms with Gasteiger partial charge in [0.25, 0.3) is 0 Å². The molecule has 3 nitrogen and oxygen atoms in total. The zero-order chi connectivity index (χ0) is 11.6. The van der Waals surface area contributed by atoms with E-state index >= 15 is 0 Å². The lowest BCUT2D eigenvalue weighted by Gasteiger charge is -2.10. The number of nitrogens with one attached hydrogen (secondary N) is 2. The molecule has 0 aliphatic carbocycles. The molecule has 0 saturated carbocycles. The van der Waals surface area contributed by atoms with Crippen LogP contribution in [0.5, 0.6) is 0 Å². The van der Waals surface area contributed by atoms with Gasteiger partial charge in [0.1, 0.15) is 0 Å². The number of rotatable bonds is 6. The molecule has 1 rings (SSSR count). The van der Waals surface area contributed by atoms with Gasteiger partial charge in [0.05, 0.1) is 0 Å². The maximum absolute atomic E-state index is 4.17. The molecule has 0 unspecified atom stereocenters. The van der Waals surface area contributed by atoms with Gasteiger partial charge < -0.3 is 10.6 Å². The SMILES string of the molecule is CN=C(NCCSC)NCCc1cccs1.I. The highest BCUT2D eigenvalue weighted by Gasteiger charge is 1.97. The third kappa shape index (κ3) is 7.88. The molecule has 17 heavy (non-hydrogen) atoms. The van der Waals surface area contributed by atoms with Gasteiger partial charge >= 0.3 is 0 Å². The van der Waals surface area contributed by atoms with E-state index in [-0.39, 0.29) is 24.0 Å². The Morgan fingerprint density at radius 3 is 2.76 bits per heavy atom. The van der Waals surface area contributed by atoms with E-state index in [0.717, 1.165) is 31.2 Å². The summed E-state index contributed by atoms with van der Waals surface area (Å²) in [5.74, 6) is 2.00. The molecule has 2 N–H and O–H groups in total. The van der Waals surface area contributed by atoms with Crippen molar-refractivity contribution in [3.8, 4) is 0 Å². The molecule has 0 aliphatic heterocycles. The van der Waals surface area contributed by atoms with Crippen LogP contribution in [0.3, 0.4) is 0 Å². The monoisotopic (exact) mass is 385 g/mol. The molecule has 0 aliphatic rings. The lowest BCUT2D eigenvalue weighted by Crippen LogP contribution is -2.39. The van der Waals surface area contributed by atoms with Gasteiger partial charge in [0, 0.05) is 30.8 Å². The van der Waals surface area contributed by atoms with Crippen LogP contribution < -0.4 is 10.6 Å². The van der Waals surface area contributed by atoms with Crippen molar-refractivity contribution in [1.29, 1.82) is 0 Å². The van der Waals surface area contributed by atoms with E-state index < -0.39 is 0 Å². The maximum atomic E-state index is 4.17. The summed E-state index contributed by atoms with van der Waals surface area (Å²) in [6.45, 7) is 1.89. The van der Waals surface area contributed by atoms with Crippen LogP contribution in [0.4, 0.5) is 0 Å². The molecule has 1 heterocycles. The molecule has 6 heteroatoms. The minimum atomic E-state index is 0. The molecule has 0 aromatic carbocycles. The highest BCUT2D eigenvalue weighted by molar-refractivity contribution is 14.0. The molecule has 0 bridgehead atoms. The first-order valence-corrected chi connectivity index (χ1v) is 7.60. The largest absolute Gasteiger partial charge is 0.356 e. The van der Waals surface area contributed by atoms with Crippen molar-refractivity contribution < 1.29 is 0 Å². The van der Waals surface area contributed by atoms with Gasteiger partial charge in [-0.1, -0.05) is 6.07 Å². The summed E-state index contributed by atoms with van der Waals surface area (Å²) >= 11 is 3.63. The van der Waals surface area contributed by atoms with Gasteiger partial charge in [-0.05, 0) is 24.1 Å². The number of guanidine groups is 1. The Bertz CT molecular complexity index is 302. The Balaban J connectivity index is 0.00000256. The standard InChI is InChI=1S/C11H19N3S2.HI/c1-12-11(14-7-9-15-2)13-6-5-10-4-3-8-16-10;/h3-4,8H,5-7,9H2,1-2H3,(H2,12,13,14);1H. The summed E-state index contributed by atoms with van der Waals surface area (Å²) < 4.78 is 0. The van der Waals surface area contributed by atoms with Crippen molar-refractivity contribution in [1.82, 2.24) is 10.6 Å². The number of thioether (sulfide) groups is 1. The lowest BCUT2D eigenvalue weighted by atomic mass is 10.3. The van der Waals surface area contributed by atoms with E-state index in [2.05, 4.69) is 39.4 Å². The lowest BCUT2D eigenvalue weighted by molar-refractivity contribution is 0.818. The van der Waals surface area contributed by atoms with Gasteiger partial charge in [0.15, 0.2) is 5.96 Å². The third-order valence-electron chi connectivity index (χ3n) is 2.07. The van der Waals surface area contributed by atoms with E-state index in [1.165, 1.54) is 4.88 Å². The fraction of sp³-hybridized carbons (Fsp3) is 0.545. The number of thiophene rings is 1. The van der Waals surface area contributed by atoms with Crippen LogP contribution in [0.25, 0.3) is 0 Å². The Hall–Kier alpha value is 0.0500. The first-order chi connectivity index (χ1) is 7.86. The van der Waals surface area contributed by atoms with Crippen molar-refractivity contribution in [2.24, 2.45) is 4.99 Å². The van der Waals surface area contributed by atoms with Crippen LogP contribution in [0.2, 0.25) is 0 Å². The Labute approximate surface area is 129 Å². The molecule has 0 radical (unpaired) electrons. The average molecular weight is 385 g/mol. The van der Waals surface area contributed by atoms with Gasteiger partial charge in [-0.3, -0.25) is 4.99 Å². The smallest absolute Gasteiger partial charge is 0.191 e. The summed E-state index contributed by atoms with van der Waals surface area (Å²) in [7, 11) is 1.81. The molecular weight excluding hydrogens is 365 g/mol. The Morgan fingerprint density at radius 1 is 1.41 bits per heavy atom. The van der Waals surface area contributed by atoms with Crippen LogP contribution in [0.15, 0.2) is 22.5 Å². The maximum Gasteiger partial charge on any atom is 0.191 e. The van der Waals surface area contributed by atoms with Crippen molar-refractivity contribution >= 4 is 53.0 Å². The van der Waals surface area contributed by atoms with Crippen LogP contribution in [0.1, 0.15) is 4.88 Å². The fourth-order valence-electron chi connectivity index (χ4n) is 1.25. The van der Waals surface area contributed by atoms with Crippen molar-refractivity contribution in [3.63, 3.8) is 0 Å². The Kier molecular flexibility index (Phi) is 11.2. The normalized spacial score (nSPS) is 10.8. The molecule has 0 saturated heterocycles. The highest BCUT2D eigenvalue weighted by Crippen LogP contribution is 2.07. The minimum Gasteiger partial charge on any atom is -0.356 e. The summed E-state index contributed by atoms with van der Waals surface area (Å²) in [5.41, 5.74) is 0. The fourth-order valence-corrected chi connectivity index (χ4v) is 2.27. The number of hydrogen-bond acceptors (Lipinski definition) is 3. The predicted molar refractivity (Wildman–Crippen MR) is 91.2 cm³/mol. The Morgan fingerprint density at radius 2 is 2.18 bits per heavy atom. The van der Waals surface area contributed by atoms with Crippen molar-refractivity contribution in [2.75, 3.05) is 32.1 Å². The zero-order valence-corrected chi connectivity index (χ0v) is 14.2. The average Bonchev–Trinajstić information content (AvgIpc) is 2.80. The van der Waals surface area contributed by atoms with E-state index in [1.807, 2.05) is 11.8 Å². The van der Waals surface area contributed by atoms with E-state index in [1.54, 1.807) is 18.4 Å². The second-order valence-corrected chi connectivity index (χ2v) is 5.27. The van der Waals surface area contributed by atoms with Gasteiger partial charge in [-0.2, -0.15) is 11.8 Å². The molecule has 0 fully saturated rings. The van der Waals surface area contributed by atoms with Crippen LogP contribution in [-0.4, -0.2) is 38.1 Å². The molecule has 98 valence electrons. The van der Waals surface area contributed by atoms with E-state index in [9.17, 15) is 0 Å².